The second-order valence-corrected chi connectivity index (χ2v) is 7.46. The third-order valence-corrected chi connectivity index (χ3v) is 5.03. The molecule has 26 heavy (non-hydrogen) atoms. The zero-order valence-electron chi connectivity index (χ0n) is 14.8. The fourth-order valence-electron chi connectivity index (χ4n) is 2.53. The van der Waals surface area contributed by atoms with E-state index in [-0.39, 0.29) is 16.9 Å². The summed E-state index contributed by atoms with van der Waals surface area (Å²) in [5, 5.41) is 2.56. The lowest BCUT2D eigenvalue weighted by molar-refractivity contribution is -0.115. The van der Waals surface area contributed by atoms with Crippen molar-refractivity contribution in [3.05, 3.63) is 48.0 Å². The maximum atomic E-state index is 12.5. The van der Waals surface area contributed by atoms with Crippen molar-refractivity contribution in [2.75, 3.05) is 18.5 Å². The number of carbonyl (C=O) groups excluding carboxylic acids is 2. The Labute approximate surface area is 157 Å². The van der Waals surface area contributed by atoms with Gasteiger partial charge in [-0.3, -0.25) is 9.59 Å². The summed E-state index contributed by atoms with van der Waals surface area (Å²) in [4.78, 5) is 24.9. The number of nitrogens with one attached hydrogen (secondary N) is 1. The van der Waals surface area contributed by atoms with Crippen molar-refractivity contribution in [3.8, 4) is 11.5 Å². The van der Waals surface area contributed by atoms with Crippen molar-refractivity contribution >= 4 is 29.1 Å². The minimum absolute atomic E-state index is 0.0317. The summed E-state index contributed by atoms with van der Waals surface area (Å²) in [7, 11) is 0. The summed E-state index contributed by atoms with van der Waals surface area (Å²) < 4.78 is 11.3. The van der Waals surface area contributed by atoms with Gasteiger partial charge in [0.1, 0.15) is 0 Å². The molecule has 1 atom stereocenters. The van der Waals surface area contributed by atoms with E-state index in [2.05, 4.69) is 5.32 Å². The van der Waals surface area contributed by atoms with Gasteiger partial charge in [0.25, 0.3) is 0 Å². The molecule has 1 heterocycles. The number of fused-ring (bicyclic) bond motifs is 1. The third-order valence-electron chi connectivity index (χ3n) is 3.94. The number of carbonyl (C=O) groups is 2. The van der Waals surface area contributed by atoms with Gasteiger partial charge in [-0.1, -0.05) is 12.1 Å². The first-order chi connectivity index (χ1) is 12.5. The van der Waals surface area contributed by atoms with Crippen LogP contribution in [0.2, 0.25) is 0 Å². The number of ketones is 1. The molecular formula is C20H21NO4S. The van der Waals surface area contributed by atoms with Crippen molar-refractivity contribution in [1.29, 1.82) is 0 Å². The largest absolute Gasteiger partial charge is 0.490 e. The highest BCUT2D eigenvalue weighted by Crippen LogP contribution is 2.35. The molecule has 0 bridgehead atoms. The van der Waals surface area contributed by atoms with Crippen LogP contribution in [0.15, 0.2) is 47.4 Å². The number of thioether (sulfide) groups is 1. The number of hydrogen-bond acceptors (Lipinski definition) is 5. The number of Topliss-reactive ketones (excluding diaryl/α,β-unsaturated/α-hetero) is 1. The van der Waals surface area contributed by atoms with Gasteiger partial charge in [-0.25, -0.2) is 0 Å². The lowest BCUT2D eigenvalue weighted by atomic mass is 10.1. The second kappa shape index (κ2) is 8.27. The summed E-state index contributed by atoms with van der Waals surface area (Å²) in [6.45, 7) is 4.63. The SMILES string of the molecule is CC(=O)c1cccc(NC(=O)[C@@H](C)Sc2ccc3c(c2)OCCCO3)c1. The molecule has 0 fully saturated rings. The molecule has 0 unspecified atom stereocenters. The predicted octanol–water partition coefficient (Wildman–Crippen LogP) is 4.17. The van der Waals surface area contributed by atoms with E-state index >= 15 is 0 Å². The van der Waals surface area contributed by atoms with E-state index in [4.69, 9.17) is 9.47 Å². The first-order valence-electron chi connectivity index (χ1n) is 8.51. The van der Waals surface area contributed by atoms with Crippen LogP contribution in [0.4, 0.5) is 5.69 Å². The van der Waals surface area contributed by atoms with E-state index in [1.807, 2.05) is 25.1 Å². The van der Waals surface area contributed by atoms with E-state index in [1.165, 1.54) is 18.7 Å². The fourth-order valence-corrected chi connectivity index (χ4v) is 3.43. The Morgan fingerprint density at radius 2 is 1.85 bits per heavy atom. The second-order valence-electron chi connectivity index (χ2n) is 6.05. The topological polar surface area (TPSA) is 64.6 Å². The molecule has 0 saturated heterocycles. The van der Waals surface area contributed by atoms with Crippen molar-refractivity contribution in [1.82, 2.24) is 0 Å². The van der Waals surface area contributed by atoms with Gasteiger partial charge >= 0.3 is 0 Å². The molecule has 1 amide bonds. The quantitative estimate of drug-likeness (QED) is 0.631. The molecule has 136 valence electrons. The molecular weight excluding hydrogens is 350 g/mol. The number of benzene rings is 2. The molecule has 0 saturated carbocycles. The van der Waals surface area contributed by atoms with Crippen LogP contribution in [0.25, 0.3) is 0 Å². The smallest absolute Gasteiger partial charge is 0.237 e. The monoisotopic (exact) mass is 371 g/mol. The molecule has 2 aromatic carbocycles. The average molecular weight is 371 g/mol. The Kier molecular flexibility index (Phi) is 5.83. The first-order valence-corrected chi connectivity index (χ1v) is 9.39. The van der Waals surface area contributed by atoms with E-state index in [1.54, 1.807) is 24.3 Å². The molecule has 0 spiro atoms. The Morgan fingerprint density at radius 3 is 2.62 bits per heavy atom. The molecule has 6 heteroatoms. The molecule has 3 rings (SSSR count). The Balaban J connectivity index is 1.65. The Morgan fingerprint density at radius 1 is 1.08 bits per heavy atom. The van der Waals surface area contributed by atoms with E-state index in [9.17, 15) is 9.59 Å². The number of rotatable bonds is 5. The molecule has 2 aromatic rings. The lowest BCUT2D eigenvalue weighted by Crippen LogP contribution is -2.22. The summed E-state index contributed by atoms with van der Waals surface area (Å²) in [6, 6.07) is 12.7. The number of hydrogen-bond donors (Lipinski definition) is 1. The predicted molar refractivity (Wildman–Crippen MR) is 102 cm³/mol. The van der Waals surface area contributed by atoms with Gasteiger partial charge in [0, 0.05) is 22.6 Å². The summed E-state index contributed by atoms with van der Waals surface area (Å²) >= 11 is 1.45. The van der Waals surface area contributed by atoms with Gasteiger partial charge in [-0.15, -0.1) is 11.8 Å². The van der Waals surface area contributed by atoms with Crippen LogP contribution in [0.1, 0.15) is 30.6 Å². The summed E-state index contributed by atoms with van der Waals surface area (Å²) in [5.74, 6) is 1.30. The van der Waals surface area contributed by atoms with Crippen LogP contribution in [0.3, 0.4) is 0 Å². The van der Waals surface area contributed by atoms with Crippen LogP contribution >= 0.6 is 11.8 Å². The fraction of sp³-hybridized carbons (Fsp3) is 0.300. The highest BCUT2D eigenvalue weighted by molar-refractivity contribution is 8.00. The van der Waals surface area contributed by atoms with Gasteiger partial charge in [0.15, 0.2) is 17.3 Å². The van der Waals surface area contributed by atoms with Crippen LogP contribution in [-0.4, -0.2) is 30.2 Å². The normalized spacial score (nSPS) is 14.2. The summed E-state index contributed by atoms with van der Waals surface area (Å²) in [5.41, 5.74) is 1.19. The number of amides is 1. The molecule has 1 N–H and O–H groups in total. The maximum Gasteiger partial charge on any atom is 0.237 e. The van der Waals surface area contributed by atoms with E-state index in [0.717, 1.165) is 17.1 Å². The highest BCUT2D eigenvalue weighted by atomic mass is 32.2. The minimum Gasteiger partial charge on any atom is -0.490 e. The Hall–Kier alpha value is -2.47. The van der Waals surface area contributed by atoms with Crippen molar-refractivity contribution < 1.29 is 19.1 Å². The van der Waals surface area contributed by atoms with Crippen LogP contribution in [-0.2, 0) is 4.79 Å². The standard InChI is InChI=1S/C20H21NO4S/c1-13(22)15-5-3-6-16(11-15)21-20(23)14(2)26-17-7-8-18-19(12-17)25-10-4-9-24-18/h3,5-8,11-12,14H,4,9-10H2,1-2H3,(H,21,23)/t14-/m1/s1. The molecule has 1 aliphatic rings. The molecule has 1 aliphatic heterocycles. The van der Waals surface area contributed by atoms with Crippen LogP contribution < -0.4 is 14.8 Å². The van der Waals surface area contributed by atoms with Gasteiger partial charge < -0.3 is 14.8 Å². The van der Waals surface area contributed by atoms with Gasteiger partial charge in [-0.2, -0.15) is 0 Å². The average Bonchev–Trinajstić information content (AvgIpc) is 2.86. The van der Waals surface area contributed by atoms with Gasteiger partial charge in [-0.05, 0) is 44.2 Å². The summed E-state index contributed by atoms with van der Waals surface area (Å²) in [6.07, 6.45) is 0.856. The zero-order valence-corrected chi connectivity index (χ0v) is 15.6. The van der Waals surface area contributed by atoms with Gasteiger partial charge in [0.2, 0.25) is 5.91 Å². The molecule has 0 radical (unpaired) electrons. The van der Waals surface area contributed by atoms with E-state index < -0.39 is 0 Å². The number of anilines is 1. The lowest BCUT2D eigenvalue weighted by Gasteiger charge is -2.14. The van der Waals surface area contributed by atoms with Crippen LogP contribution in [0, 0.1) is 0 Å². The number of ether oxygens (including phenoxy) is 2. The minimum atomic E-state index is -0.305. The van der Waals surface area contributed by atoms with E-state index in [0.29, 0.717) is 30.2 Å². The maximum absolute atomic E-state index is 12.5. The first kappa shape index (κ1) is 18.3. The van der Waals surface area contributed by atoms with Gasteiger partial charge in [0.05, 0.1) is 18.5 Å². The zero-order chi connectivity index (χ0) is 18.5. The van der Waals surface area contributed by atoms with Crippen LogP contribution in [0.5, 0.6) is 11.5 Å². The molecule has 5 nitrogen and oxygen atoms in total. The highest BCUT2D eigenvalue weighted by Gasteiger charge is 2.17. The van der Waals surface area contributed by atoms with Crippen molar-refractivity contribution in [2.24, 2.45) is 0 Å². The Bertz CT molecular complexity index is 821. The van der Waals surface area contributed by atoms with Crippen molar-refractivity contribution in [3.63, 3.8) is 0 Å². The van der Waals surface area contributed by atoms with Crippen molar-refractivity contribution in [2.45, 2.75) is 30.4 Å². The third kappa shape index (κ3) is 4.58. The molecule has 0 aliphatic carbocycles. The molecule has 0 aromatic heterocycles.